The van der Waals surface area contributed by atoms with E-state index in [4.69, 9.17) is 5.11 Å². The molecule has 0 aliphatic rings. The highest BCUT2D eigenvalue weighted by Gasteiger charge is 1.97. The summed E-state index contributed by atoms with van der Waals surface area (Å²) in [5.74, 6) is 0.0117. The van der Waals surface area contributed by atoms with Crippen molar-refractivity contribution in [2.45, 2.75) is 71.1 Å². The molecule has 0 aromatic rings. The van der Waals surface area contributed by atoms with Gasteiger partial charge in [0.15, 0.2) is 0 Å². The number of hydrogen-bond acceptors (Lipinski definition) is 3. The van der Waals surface area contributed by atoms with Crippen molar-refractivity contribution in [2.75, 3.05) is 0 Å². The van der Waals surface area contributed by atoms with Crippen LogP contribution in [0, 0.1) is 0 Å². The van der Waals surface area contributed by atoms with Crippen molar-refractivity contribution in [3.8, 4) is 0 Å². The molecule has 0 aromatic carbocycles. The molecule has 4 heteroatoms. The first-order chi connectivity index (χ1) is 12.6. The smallest absolute Gasteiger partial charge is 0.303 e. The SMILES string of the molecule is CC/C=C\C/C(O)=C\C/C=C\C/C=C\C/C=C(/O)CCCCCC(=O)O. The van der Waals surface area contributed by atoms with Crippen LogP contribution in [-0.4, -0.2) is 21.3 Å². The maximum absolute atomic E-state index is 10.4. The normalized spacial score (nSPS) is 13.4. The number of rotatable bonds is 15. The fourth-order valence-electron chi connectivity index (χ4n) is 2.19. The first kappa shape index (κ1) is 23.8. The Bertz CT molecular complexity index is 510. The molecule has 0 amide bonds. The van der Waals surface area contributed by atoms with Gasteiger partial charge in [-0.05, 0) is 50.7 Å². The molecule has 0 radical (unpaired) electrons. The quantitative estimate of drug-likeness (QED) is 0.175. The summed E-state index contributed by atoms with van der Waals surface area (Å²) < 4.78 is 0. The third-order valence-corrected chi connectivity index (χ3v) is 3.64. The lowest BCUT2D eigenvalue weighted by molar-refractivity contribution is -0.137. The van der Waals surface area contributed by atoms with Crippen molar-refractivity contribution in [2.24, 2.45) is 0 Å². The van der Waals surface area contributed by atoms with E-state index in [9.17, 15) is 15.0 Å². The fraction of sp³-hybridized carbons (Fsp3) is 0.500. The predicted octanol–water partition coefficient (Wildman–Crippen LogP) is 6.54. The minimum absolute atomic E-state index is 0.200. The van der Waals surface area contributed by atoms with E-state index in [1.807, 2.05) is 42.5 Å². The number of carbonyl (C=O) groups is 1. The monoisotopic (exact) mass is 362 g/mol. The zero-order chi connectivity index (χ0) is 19.5. The molecule has 3 N–H and O–H groups in total. The van der Waals surface area contributed by atoms with Crippen molar-refractivity contribution in [3.63, 3.8) is 0 Å². The fourth-order valence-corrected chi connectivity index (χ4v) is 2.19. The van der Waals surface area contributed by atoms with Gasteiger partial charge in [0.1, 0.15) is 0 Å². The molecule has 0 aromatic heterocycles. The number of aliphatic hydroxyl groups is 2. The predicted molar refractivity (Wildman–Crippen MR) is 108 cm³/mol. The largest absolute Gasteiger partial charge is 0.513 e. The lowest BCUT2D eigenvalue weighted by Crippen LogP contribution is -1.93. The van der Waals surface area contributed by atoms with Crippen LogP contribution >= 0.6 is 0 Å². The highest BCUT2D eigenvalue weighted by molar-refractivity contribution is 5.66. The lowest BCUT2D eigenvalue weighted by atomic mass is 10.1. The molecule has 4 nitrogen and oxygen atoms in total. The third-order valence-electron chi connectivity index (χ3n) is 3.64. The van der Waals surface area contributed by atoms with Crippen LogP contribution in [-0.2, 0) is 4.79 Å². The van der Waals surface area contributed by atoms with Gasteiger partial charge < -0.3 is 15.3 Å². The van der Waals surface area contributed by atoms with E-state index in [-0.39, 0.29) is 6.42 Å². The summed E-state index contributed by atoms with van der Waals surface area (Å²) in [7, 11) is 0. The molecule has 0 atom stereocenters. The third kappa shape index (κ3) is 18.1. The van der Waals surface area contributed by atoms with Crippen molar-refractivity contribution in [3.05, 3.63) is 60.1 Å². The summed E-state index contributed by atoms with van der Waals surface area (Å²) in [4.78, 5) is 10.4. The average Bonchev–Trinajstić information content (AvgIpc) is 2.60. The van der Waals surface area contributed by atoms with E-state index in [2.05, 4.69) is 6.92 Å². The van der Waals surface area contributed by atoms with E-state index in [1.165, 1.54) is 0 Å². The van der Waals surface area contributed by atoms with Crippen molar-refractivity contribution < 1.29 is 20.1 Å². The molecule has 0 saturated heterocycles. The Morgan fingerprint density at radius 2 is 1.27 bits per heavy atom. The summed E-state index contributed by atoms with van der Waals surface area (Å²) in [5.41, 5.74) is 0. The maximum atomic E-state index is 10.4. The average molecular weight is 363 g/mol. The van der Waals surface area contributed by atoms with E-state index in [1.54, 1.807) is 6.08 Å². The van der Waals surface area contributed by atoms with Crippen LogP contribution in [0.1, 0.15) is 71.1 Å². The zero-order valence-corrected chi connectivity index (χ0v) is 15.9. The van der Waals surface area contributed by atoms with Crippen LogP contribution in [0.25, 0.3) is 0 Å². The van der Waals surface area contributed by atoms with Crippen LogP contribution in [0.15, 0.2) is 60.1 Å². The van der Waals surface area contributed by atoms with Crippen molar-refractivity contribution in [1.82, 2.24) is 0 Å². The van der Waals surface area contributed by atoms with Gasteiger partial charge >= 0.3 is 5.97 Å². The summed E-state index contributed by atoms with van der Waals surface area (Å²) in [5, 5.41) is 27.9. The molecule has 0 rings (SSSR count). The molecule has 0 spiro atoms. The molecule has 0 saturated carbocycles. The summed E-state index contributed by atoms with van der Waals surface area (Å²) >= 11 is 0. The van der Waals surface area contributed by atoms with Gasteiger partial charge in [-0.15, -0.1) is 0 Å². The number of aliphatic hydroxyl groups excluding tert-OH is 2. The number of aliphatic carboxylic acids is 1. The molecular weight excluding hydrogens is 328 g/mol. The number of allylic oxidation sites excluding steroid dienone is 9. The first-order valence-corrected chi connectivity index (χ1v) is 9.49. The lowest BCUT2D eigenvalue weighted by Gasteiger charge is -1.99. The number of carboxylic acid groups (broad SMARTS) is 1. The van der Waals surface area contributed by atoms with E-state index in [0.717, 1.165) is 32.1 Å². The number of unbranched alkanes of at least 4 members (excludes halogenated alkanes) is 2. The molecule has 146 valence electrons. The molecule has 0 aliphatic carbocycles. The van der Waals surface area contributed by atoms with Gasteiger partial charge in [0, 0.05) is 19.3 Å². The van der Waals surface area contributed by atoms with E-state index >= 15 is 0 Å². The van der Waals surface area contributed by atoms with Gasteiger partial charge in [0.05, 0.1) is 11.5 Å². The number of carboxylic acids is 1. The second-order valence-corrected chi connectivity index (χ2v) is 6.08. The standard InChI is InChI=1S/C22H34O4/c1-2-3-10-15-20(23)16-11-7-5-4-6-8-12-17-21(24)18-13-9-14-19-22(25)26/h3,5-8,10,16-17,23-24H,2,4,9,11-15,18-19H2,1H3,(H,25,26)/b7-5-,8-6-,10-3-,20-16+,21-17+. The summed E-state index contributed by atoms with van der Waals surface area (Å²) in [6.45, 7) is 2.07. The Morgan fingerprint density at radius 1 is 0.692 bits per heavy atom. The van der Waals surface area contributed by atoms with Crippen LogP contribution in [0.5, 0.6) is 0 Å². The van der Waals surface area contributed by atoms with Gasteiger partial charge in [0.2, 0.25) is 0 Å². The van der Waals surface area contributed by atoms with Gasteiger partial charge in [-0.2, -0.15) is 0 Å². The van der Waals surface area contributed by atoms with Gasteiger partial charge in [-0.3, -0.25) is 4.79 Å². The van der Waals surface area contributed by atoms with Gasteiger partial charge in [-0.25, -0.2) is 0 Å². The van der Waals surface area contributed by atoms with Gasteiger partial charge in [0.25, 0.3) is 0 Å². The maximum Gasteiger partial charge on any atom is 0.303 e. The molecule has 0 unspecified atom stereocenters. The highest BCUT2D eigenvalue weighted by Crippen LogP contribution is 2.09. The molecule has 0 heterocycles. The van der Waals surface area contributed by atoms with Crippen molar-refractivity contribution in [1.29, 1.82) is 0 Å². The molecule has 0 bridgehead atoms. The van der Waals surface area contributed by atoms with Gasteiger partial charge in [-0.1, -0.05) is 49.8 Å². The second-order valence-electron chi connectivity index (χ2n) is 6.08. The minimum Gasteiger partial charge on any atom is -0.513 e. The van der Waals surface area contributed by atoms with Crippen LogP contribution in [0.2, 0.25) is 0 Å². The Hall–Kier alpha value is -2.23. The number of hydrogen-bond donors (Lipinski definition) is 3. The molecule has 0 aliphatic heterocycles. The summed E-state index contributed by atoms with van der Waals surface area (Å²) in [6.07, 6.45) is 22.7. The first-order valence-electron chi connectivity index (χ1n) is 9.49. The van der Waals surface area contributed by atoms with Crippen LogP contribution in [0.4, 0.5) is 0 Å². The van der Waals surface area contributed by atoms with Crippen LogP contribution in [0.3, 0.4) is 0 Å². The minimum atomic E-state index is -0.763. The molecule has 0 fully saturated rings. The Labute approximate surface area is 157 Å². The van der Waals surface area contributed by atoms with Crippen LogP contribution < -0.4 is 0 Å². The second kappa shape index (κ2) is 17.6. The Balaban J connectivity index is 3.74. The highest BCUT2D eigenvalue weighted by atomic mass is 16.4. The summed E-state index contributed by atoms with van der Waals surface area (Å²) in [6, 6.07) is 0. The molecule has 26 heavy (non-hydrogen) atoms. The van der Waals surface area contributed by atoms with E-state index in [0.29, 0.717) is 37.2 Å². The van der Waals surface area contributed by atoms with E-state index < -0.39 is 5.97 Å². The van der Waals surface area contributed by atoms with Crippen molar-refractivity contribution >= 4 is 5.97 Å². The molecular formula is C22H34O4. The topological polar surface area (TPSA) is 77.8 Å². The Kier molecular flexibility index (Phi) is 16.1. The zero-order valence-electron chi connectivity index (χ0n) is 15.9. The Morgan fingerprint density at radius 3 is 1.88 bits per heavy atom.